The van der Waals surface area contributed by atoms with E-state index in [1.807, 2.05) is 0 Å². The third-order valence-corrected chi connectivity index (χ3v) is 3.79. The molecule has 2 aromatic carbocycles. The van der Waals surface area contributed by atoms with Gasteiger partial charge in [0.05, 0.1) is 16.5 Å². The highest BCUT2D eigenvalue weighted by Crippen LogP contribution is 2.11. The van der Waals surface area contributed by atoms with Crippen molar-refractivity contribution in [1.29, 1.82) is 0 Å². The molecule has 0 aliphatic heterocycles. The summed E-state index contributed by atoms with van der Waals surface area (Å²) in [5.74, 6) is -1.38. The molecular weight excluding hydrogens is 334 g/mol. The summed E-state index contributed by atoms with van der Waals surface area (Å²) >= 11 is 0. The molecule has 0 saturated carbocycles. The minimum Gasteiger partial charge on any atom is -0.478 e. The van der Waals surface area contributed by atoms with Gasteiger partial charge in [0, 0.05) is 12.6 Å². The fourth-order valence-corrected chi connectivity index (χ4v) is 2.39. The van der Waals surface area contributed by atoms with Gasteiger partial charge in [0.2, 0.25) is 5.91 Å². The van der Waals surface area contributed by atoms with E-state index in [0.717, 1.165) is 5.56 Å². The Morgan fingerprint density at radius 3 is 2.54 bits per heavy atom. The molecule has 3 aromatic rings. The molecule has 1 amide bonds. The standard InChI is InChI=1S/C20H15NO5/c22-18(21-11-13-5-7-14(8-6-13)20(24)25)10-9-15-12-26-17-4-2-1-3-16(17)19(15)23/h1-10,12H,11H2,(H,21,22)(H,24,25)/b10-9+. The van der Waals surface area contributed by atoms with E-state index in [-0.39, 0.29) is 29.0 Å². The average molecular weight is 349 g/mol. The van der Waals surface area contributed by atoms with Crippen molar-refractivity contribution in [3.05, 3.63) is 87.8 Å². The third kappa shape index (κ3) is 3.87. The second-order valence-electron chi connectivity index (χ2n) is 5.57. The second-order valence-corrected chi connectivity index (χ2v) is 5.57. The first kappa shape index (κ1) is 17.2. The van der Waals surface area contributed by atoms with Crippen LogP contribution < -0.4 is 10.7 Å². The summed E-state index contributed by atoms with van der Waals surface area (Å²) in [7, 11) is 0. The normalized spacial score (nSPS) is 10.9. The number of hydrogen-bond donors (Lipinski definition) is 2. The highest BCUT2D eigenvalue weighted by atomic mass is 16.4. The van der Waals surface area contributed by atoms with Crippen molar-refractivity contribution in [3.63, 3.8) is 0 Å². The Bertz CT molecular complexity index is 1050. The molecule has 0 atom stereocenters. The molecule has 26 heavy (non-hydrogen) atoms. The van der Waals surface area contributed by atoms with Gasteiger partial charge >= 0.3 is 5.97 Å². The minimum absolute atomic E-state index is 0.183. The number of amides is 1. The fraction of sp³-hybridized carbons (Fsp3) is 0.0500. The van der Waals surface area contributed by atoms with E-state index in [9.17, 15) is 14.4 Å². The van der Waals surface area contributed by atoms with E-state index in [1.165, 1.54) is 30.5 Å². The Hall–Kier alpha value is -3.67. The Morgan fingerprint density at radius 1 is 1.08 bits per heavy atom. The monoisotopic (exact) mass is 349 g/mol. The number of carbonyl (C=O) groups excluding carboxylic acids is 1. The number of carboxylic acids is 1. The predicted octanol–water partition coefficient (Wildman–Crippen LogP) is 2.82. The second kappa shape index (κ2) is 7.48. The van der Waals surface area contributed by atoms with Crippen LogP contribution in [-0.4, -0.2) is 17.0 Å². The summed E-state index contributed by atoms with van der Waals surface area (Å²) < 4.78 is 5.38. The summed E-state index contributed by atoms with van der Waals surface area (Å²) in [5, 5.41) is 12.0. The number of carbonyl (C=O) groups is 2. The predicted molar refractivity (Wildman–Crippen MR) is 96.8 cm³/mol. The molecule has 6 nitrogen and oxygen atoms in total. The number of para-hydroxylation sites is 1. The number of fused-ring (bicyclic) bond motifs is 1. The van der Waals surface area contributed by atoms with E-state index in [2.05, 4.69) is 5.32 Å². The van der Waals surface area contributed by atoms with Gasteiger partial charge in [0.15, 0.2) is 5.43 Å². The molecule has 130 valence electrons. The summed E-state index contributed by atoms with van der Waals surface area (Å²) in [6, 6.07) is 13.1. The van der Waals surface area contributed by atoms with Gasteiger partial charge in [-0.2, -0.15) is 0 Å². The van der Waals surface area contributed by atoms with Crippen LogP contribution in [0.4, 0.5) is 0 Å². The first-order valence-corrected chi connectivity index (χ1v) is 7.83. The molecule has 1 aromatic heterocycles. The SMILES string of the molecule is O=C(/C=C/c1coc2ccccc2c1=O)NCc1ccc(C(=O)O)cc1. The Morgan fingerprint density at radius 2 is 1.81 bits per heavy atom. The molecule has 2 N–H and O–H groups in total. The molecule has 1 heterocycles. The van der Waals surface area contributed by atoms with Crippen molar-refractivity contribution in [2.45, 2.75) is 6.54 Å². The number of nitrogens with one attached hydrogen (secondary N) is 1. The molecule has 6 heteroatoms. The number of hydrogen-bond acceptors (Lipinski definition) is 4. The smallest absolute Gasteiger partial charge is 0.335 e. The van der Waals surface area contributed by atoms with Crippen LogP contribution in [0.25, 0.3) is 17.0 Å². The number of carboxylic acid groups (broad SMARTS) is 1. The van der Waals surface area contributed by atoms with Gasteiger partial charge in [0.1, 0.15) is 11.8 Å². The van der Waals surface area contributed by atoms with E-state index in [0.29, 0.717) is 11.0 Å². The van der Waals surface area contributed by atoms with E-state index >= 15 is 0 Å². The lowest BCUT2D eigenvalue weighted by Gasteiger charge is -2.03. The van der Waals surface area contributed by atoms with Crippen molar-refractivity contribution >= 4 is 28.9 Å². The average Bonchev–Trinajstić information content (AvgIpc) is 2.66. The van der Waals surface area contributed by atoms with Gasteiger partial charge in [-0.05, 0) is 35.9 Å². The molecule has 0 bridgehead atoms. The van der Waals surface area contributed by atoms with E-state index < -0.39 is 5.97 Å². The summed E-state index contributed by atoms with van der Waals surface area (Å²) in [5.41, 5.74) is 1.51. The number of aromatic carboxylic acids is 1. The molecule has 0 saturated heterocycles. The maximum atomic E-state index is 12.3. The van der Waals surface area contributed by atoms with E-state index in [4.69, 9.17) is 9.52 Å². The van der Waals surface area contributed by atoms with E-state index in [1.54, 1.807) is 36.4 Å². The van der Waals surface area contributed by atoms with Gasteiger partial charge in [-0.1, -0.05) is 24.3 Å². The van der Waals surface area contributed by atoms with Crippen LogP contribution in [0, 0.1) is 0 Å². The van der Waals surface area contributed by atoms with Crippen molar-refractivity contribution in [3.8, 4) is 0 Å². The van der Waals surface area contributed by atoms with Gasteiger partial charge in [-0.3, -0.25) is 9.59 Å². The minimum atomic E-state index is -1.00. The zero-order chi connectivity index (χ0) is 18.5. The summed E-state index contributed by atoms with van der Waals surface area (Å²) in [6.45, 7) is 0.245. The molecule has 0 radical (unpaired) electrons. The van der Waals surface area contributed by atoms with Crippen molar-refractivity contribution < 1.29 is 19.1 Å². The zero-order valence-corrected chi connectivity index (χ0v) is 13.6. The van der Waals surface area contributed by atoms with Gasteiger partial charge in [-0.15, -0.1) is 0 Å². The molecule has 0 fully saturated rings. The Balaban J connectivity index is 1.65. The molecule has 0 unspecified atom stereocenters. The largest absolute Gasteiger partial charge is 0.478 e. The van der Waals surface area contributed by atoms with Crippen LogP contribution in [0.1, 0.15) is 21.5 Å². The maximum absolute atomic E-state index is 12.3. The third-order valence-electron chi connectivity index (χ3n) is 3.79. The van der Waals surface area contributed by atoms with Gasteiger partial charge in [0.25, 0.3) is 0 Å². The first-order valence-electron chi connectivity index (χ1n) is 7.83. The van der Waals surface area contributed by atoms with Crippen LogP contribution in [0.3, 0.4) is 0 Å². The highest BCUT2D eigenvalue weighted by molar-refractivity contribution is 5.92. The van der Waals surface area contributed by atoms with Crippen LogP contribution in [0.5, 0.6) is 0 Å². The van der Waals surface area contributed by atoms with Crippen LogP contribution in [0.2, 0.25) is 0 Å². The number of rotatable bonds is 5. The Labute approximate surface area is 148 Å². The zero-order valence-electron chi connectivity index (χ0n) is 13.6. The highest BCUT2D eigenvalue weighted by Gasteiger charge is 2.05. The summed E-state index contributed by atoms with van der Waals surface area (Å²) in [4.78, 5) is 35.0. The fourth-order valence-electron chi connectivity index (χ4n) is 2.39. The quantitative estimate of drug-likeness (QED) is 0.691. The molecular formula is C20H15NO5. The summed E-state index contributed by atoms with van der Waals surface area (Å²) in [6.07, 6.45) is 3.98. The topological polar surface area (TPSA) is 96.6 Å². The van der Waals surface area contributed by atoms with Crippen molar-refractivity contribution in [1.82, 2.24) is 5.32 Å². The van der Waals surface area contributed by atoms with Crippen LogP contribution in [-0.2, 0) is 11.3 Å². The maximum Gasteiger partial charge on any atom is 0.335 e. The molecule has 0 aliphatic carbocycles. The molecule has 0 spiro atoms. The lowest BCUT2D eigenvalue weighted by molar-refractivity contribution is -0.116. The lowest BCUT2D eigenvalue weighted by Crippen LogP contribution is -2.20. The molecule has 3 rings (SSSR count). The lowest BCUT2D eigenvalue weighted by atomic mass is 10.1. The van der Waals surface area contributed by atoms with Crippen LogP contribution >= 0.6 is 0 Å². The Kier molecular flexibility index (Phi) is 4.94. The van der Waals surface area contributed by atoms with Crippen molar-refractivity contribution in [2.75, 3.05) is 0 Å². The van der Waals surface area contributed by atoms with Gasteiger partial charge in [-0.25, -0.2) is 4.79 Å². The molecule has 0 aliphatic rings. The van der Waals surface area contributed by atoms with Gasteiger partial charge < -0.3 is 14.8 Å². The van der Waals surface area contributed by atoms with Crippen LogP contribution in [0.15, 0.2) is 70.1 Å². The number of benzene rings is 2. The first-order chi connectivity index (χ1) is 12.5. The van der Waals surface area contributed by atoms with Crippen molar-refractivity contribution in [2.24, 2.45) is 0 Å².